The Bertz CT molecular complexity index is 911. The third-order valence-corrected chi connectivity index (χ3v) is 3.45. The molecule has 122 valence electrons. The quantitative estimate of drug-likeness (QED) is 0.437. The molecular weight excluding hydrogens is 306 g/mol. The Morgan fingerprint density at radius 1 is 1.17 bits per heavy atom. The SMILES string of the molecule is COC(=O)c1ccc(N=C(N)Nc2ccc3oc(C)cc3c2)cc1. The molecule has 3 N–H and O–H groups in total. The van der Waals surface area contributed by atoms with Crippen LogP contribution in [0.2, 0.25) is 0 Å². The number of guanidine groups is 1. The molecule has 0 spiro atoms. The first-order valence-corrected chi connectivity index (χ1v) is 7.35. The third-order valence-electron chi connectivity index (χ3n) is 3.45. The number of aryl methyl sites for hydroxylation is 1. The van der Waals surface area contributed by atoms with Crippen LogP contribution in [-0.2, 0) is 4.74 Å². The molecule has 0 saturated carbocycles. The minimum absolute atomic E-state index is 0.250. The first kappa shape index (κ1) is 15.6. The second kappa shape index (κ2) is 6.45. The predicted molar refractivity (Wildman–Crippen MR) is 93.6 cm³/mol. The summed E-state index contributed by atoms with van der Waals surface area (Å²) in [6.07, 6.45) is 0. The van der Waals surface area contributed by atoms with Crippen molar-refractivity contribution in [3.05, 3.63) is 59.9 Å². The van der Waals surface area contributed by atoms with E-state index in [1.165, 1.54) is 7.11 Å². The number of ether oxygens (including phenoxy) is 1. The van der Waals surface area contributed by atoms with Crippen LogP contribution in [0.3, 0.4) is 0 Å². The van der Waals surface area contributed by atoms with Crippen LogP contribution in [0.4, 0.5) is 11.4 Å². The lowest BCUT2D eigenvalue weighted by Crippen LogP contribution is -2.21. The maximum absolute atomic E-state index is 11.4. The van der Waals surface area contributed by atoms with Crippen molar-refractivity contribution in [3.63, 3.8) is 0 Å². The highest BCUT2D eigenvalue weighted by atomic mass is 16.5. The second-order valence-corrected chi connectivity index (χ2v) is 5.27. The van der Waals surface area contributed by atoms with Crippen molar-refractivity contribution in [3.8, 4) is 0 Å². The number of hydrogen-bond donors (Lipinski definition) is 2. The number of anilines is 1. The number of carbonyl (C=O) groups is 1. The number of carbonyl (C=O) groups excluding carboxylic acids is 1. The molecular formula is C18H17N3O3. The number of methoxy groups -OCH3 is 1. The molecule has 0 amide bonds. The Balaban J connectivity index is 1.76. The van der Waals surface area contributed by atoms with Gasteiger partial charge in [0.15, 0.2) is 5.96 Å². The van der Waals surface area contributed by atoms with E-state index in [1.54, 1.807) is 24.3 Å². The van der Waals surface area contributed by atoms with Gasteiger partial charge in [0, 0.05) is 11.1 Å². The zero-order valence-electron chi connectivity index (χ0n) is 13.4. The molecule has 0 unspecified atom stereocenters. The molecule has 3 rings (SSSR count). The Morgan fingerprint density at radius 2 is 1.92 bits per heavy atom. The molecule has 1 heterocycles. The van der Waals surface area contributed by atoms with E-state index in [9.17, 15) is 4.79 Å². The summed E-state index contributed by atoms with van der Waals surface area (Å²) in [6.45, 7) is 1.90. The number of aliphatic imine (C=N–C) groups is 1. The van der Waals surface area contributed by atoms with Gasteiger partial charge in [-0.2, -0.15) is 0 Å². The fourth-order valence-electron chi connectivity index (χ4n) is 2.36. The molecule has 0 fully saturated rings. The molecule has 0 saturated heterocycles. The Kier molecular flexibility index (Phi) is 4.20. The van der Waals surface area contributed by atoms with Crippen molar-refractivity contribution >= 4 is 34.3 Å². The van der Waals surface area contributed by atoms with Gasteiger partial charge in [-0.05, 0) is 55.5 Å². The molecule has 6 heteroatoms. The molecule has 3 aromatic rings. The number of benzene rings is 2. The fraction of sp³-hybridized carbons (Fsp3) is 0.111. The van der Waals surface area contributed by atoms with Crippen molar-refractivity contribution in [1.29, 1.82) is 0 Å². The summed E-state index contributed by atoms with van der Waals surface area (Å²) >= 11 is 0. The average Bonchev–Trinajstić information content (AvgIpc) is 2.94. The predicted octanol–water partition coefficient (Wildman–Crippen LogP) is 3.59. The van der Waals surface area contributed by atoms with E-state index in [1.807, 2.05) is 31.2 Å². The third kappa shape index (κ3) is 3.38. The van der Waals surface area contributed by atoms with Crippen molar-refractivity contribution in [1.82, 2.24) is 0 Å². The highest BCUT2D eigenvalue weighted by Crippen LogP contribution is 2.22. The van der Waals surface area contributed by atoms with Gasteiger partial charge in [-0.1, -0.05) is 0 Å². The molecule has 6 nitrogen and oxygen atoms in total. The normalized spacial score (nSPS) is 11.5. The molecule has 24 heavy (non-hydrogen) atoms. The largest absolute Gasteiger partial charge is 0.465 e. The van der Waals surface area contributed by atoms with Crippen LogP contribution in [0.25, 0.3) is 11.0 Å². The summed E-state index contributed by atoms with van der Waals surface area (Å²) in [5, 5.41) is 4.03. The van der Waals surface area contributed by atoms with Crippen molar-refractivity contribution in [2.45, 2.75) is 6.92 Å². The van der Waals surface area contributed by atoms with Crippen molar-refractivity contribution in [2.75, 3.05) is 12.4 Å². The molecule has 0 bridgehead atoms. The van der Waals surface area contributed by atoms with Gasteiger partial charge in [0.1, 0.15) is 11.3 Å². The van der Waals surface area contributed by atoms with E-state index in [-0.39, 0.29) is 11.9 Å². The lowest BCUT2D eigenvalue weighted by Gasteiger charge is -2.06. The van der Waals surface area contributed by atoms with Gasteiger partial charge in [0.2, 0.25) is 0 Å². The lowest BCUT2D eigenvalue weighted by molar-refractivity contribution is 0.0601. The Hall–Kier alpha value is -3.28. The van der Waals surface area contributed by atoms with E-state index in [0.717, 1.165) is 22.4 Å². The Morgan fingerprint density at radius 3 is 2.62 bits per heavy atom. The number of nitrogens with two attached hydrogens (primary N) is 1. The van der Waals surface area contributed by atoms with Gasteiger partial charge in [0.25, 0.3) is 0 Å². The maximum Gasteiger partial charge on any atom is 0.337 e. The fourth-order valence-corrected chi connectivity index (χ4v) is 2.36. The van der Waals surface area contributed by atoms with Gasteiger partial charge in [0.05, 0.1) is 18.4 Å². The number of nitrogens with zero attached hydrogens (tertiary/aromatic N) is 1. The monoisotopic (exact) mass is 323 g/mol. The van der Waals surface area contributed by atoms with Gasteiger partial charge in [-0.3, -0.25) is 0 Å². The van der Waals surface area contributed by atoms with Crippen LogP contribution >= 0.6 is 0 Å². The molecule has 0 radical (unpaired) electrons. The standard InChI is InChI=1S/C18H17N3O3/c1-11-9-13-10-15(7-8-16(13)24-11)21-18(19)20-14-5-3-12(4-6-14)17(22)23-2/h3-10H,1-2H3,(H3,19,20,21). The summed E-state index contributed by atoms with van der Waals surface area (Å²) in [5.74, 6) is 0.718. The van der Waals surface area contributed by atoms with Gasteiger partial charge < -0.3 is 20.2 Å². The number of furan rings is 1. The summed E-state index contributed by atoms with van der Waals surface area (Å²) in [7, 11) is 1.34. The minimum Gasteiger partial charge on any atom is -0.465 e. The lowest BCUT2D eigenvalue weighted by atomic mass is 10.2. The van der Waals surface area contributed by atoms with Crippen LogP contribution in [0, 0.1) is 6.92 Å². The Labute approximate surface area is 138 Å². The molecule has 1 aromatic heterocycles. The van der Waals surface area contributed by atoms with Crippen LogP contribution in [0.1, 0.15) is 16.1 Å². The number of nitrogens with one attached hydrogen (secondary N) is 1. The highest BCUT2D eigenvalue weighted by molar-refractivity contribution is 5.96. The second-order valence-electron chi connectivity index (χ2n) is 5.27. The first-order chi connectivity index (χ1) is 11.5. The molecule has 0 aliphatic carbocycles. The van der Waals surface area contributed by atoms with E-state index >= 15 is 0 Å². The van der Waals surface area contributed by atoms with Crippen molar-refractivity contribution < 1.29 is 13.9 Å². The number of esters is 1. The smallest absolute Gasteiger partial charge is 0.337 e. The molecule has 0 atom stereocenters. The van der Waals surface area contributed by atoms with Crippen LogP contribution < -0.4 is 11.1 Å². The minimum atomic E-state index is -0.389. The van der Waals surface area contributed by atoms with Crippen LogP contribution in [0.15, 0.2) is 57.9 Å². The zero-order chi connectivity index (χ0) is 17.1. The summed E-state index contributed by atoms with van der Waals surface area (Å²) in [5.41, 5.74) is 8.67. The summed E-state index contributed by atoms with van der Waals surface area (Å²) in [4.78, 5) is 15.7. The number of hydrogen-bond acceptors (Lipinski definition) is 4. The van der Waals surface area contributed by atoms with E-state index in [0.29, 0.717) is 11.3 Å². The molecule has 0 aliphatic rings. The number of fused-ring (bicyclic) bond motifs is 1. The van der Waals surface area contributed by atoms with Gasteiger partial charge >= 0.3 is 5.97 Å². The van der Waals surface area contributed by atoms with Crippen LogP contribution in [-0.4, -0.2) is 19.0 Å². The van der Waals surface area contributed by atoms with Crippen LogP contribution in [0.5, 0.6) is 0 Å². The average molecular weight is 323 g/mol. The van der Waals surface area contributed by atoms with Gasteiger partial charge in [-0.15, -0.1) is 0 Å². The molecule has 2 aromatic carbocycles. The van der Waals surface area contributed by atoms with Crippen molar-refractivity contribution in [2.24, 2.45) is 10.7 Å². The van der Waals surface area contributed by atoms with Gasteiger partial charge in [-0.25, -0.2) is 9.79 Å². The van der Waals surface area contributed by atoms with E-state index in [4.69, 9.17) is 10.2 Å². The van der Waals surface area contributed by atoms with E-state index in [2.05, 4.69) is 15.0 Å². The topological polar surface area (TPSA) is 89.8 Å². The summed E-state index contributed by atoms with van der Waals surface area (Å²) in [6, 6.07) is 14.3. The highest BCUT2D eigenvalue weighted by Gasteiger charge is 2.05. The first-order valence-electron chi connectivity index (χ1n) is 7.35. The number of rotatable bonds is 3. The summed E-state index contributed by atoms with van der Waals surface area (Å²) < 4.78 is 10.2. The zero-order valence-corrected chi connectivity index (χ0v) is 13.4. The van der Waals surface area contributed by atoms with E-state index < -0.39 is 0 Å². The maximum atomic E-state index is 11.4. The molecule has 0 aliphatic heterocycles.